The number of methoxy groups -OCH3 is 1. The summed E-state index contributed by atoms with van der Waals surface area (Å²) in [4.78, 5) is 32.9. The summed E-state index contributed by atoms with van der Waals surface area (Å²) in [5.74, 6) is 0.822. The van der Waals surface area contributed by atoms with Gasteiger partial charge in [-0.2, -0.15) is 0 Å². The van der Waals surface area contributed by atoms with Gasteiger partial charge in [0.1, 0.15) is 5.75 Å². The molecule has 31 heavy (non-hydrogen) atoms. The molecule has 0 saturated heterocycles. The highest BCUT2D eigenvalue weighted by Gasteiger charge is 2.15. The first kappa shape index (κ1) is 23.0. The second-order valence-electron chi connectivity index (χ2n) is 7.19. The lowest BCUT2D eigenvalue weighted by Crippen LogP contribution is -2.28. The number of ether oxygens (including phenoxy) is 1. The van der Waals surface area contributed by atoms with Crippen LogP contribution in [0.4, 0.5) is 0 Å². The van der Waals surface area contributed by atoms with E-state index in [4.69, 9.17) is 9.72 Å². The number of hydrogen-bond donors (Lipinski definition) is 0. The molecule has 1 aromatic heterocycles. The number of fused-ring (bicyclic) bond motifs is 1. The van der Waals surface area contributed by atoms with Crippen LogP contribution >= 0.6 is 11.8 Å². The van der Waals surface area contributed by atoms with Crippen LogP contribution in [0.25, 0.3) is 10.9 Å². The molecule has 2 aromatic carbocycles. The highest BCUT2D eigenvalue weighted by atomic mass is 32.2. The molecule has 0 amide bonds. The fourth-order valence-corrected chi connectivity index (χ4v) is 4.38. The summed E-state index contributed by atoms with van der Waals surface area (Å²) >= 11 is 1.31. The molecule has 0 saturated carbocycles. The molecule has 1 heterocycles. The van der Waals surface area contributed by atoms with Gasteiger partial charge in [-0.3, -0.25) is 14.2 Å². The number of thioether (sulfide) groups is 1. The summed E-state index contributed by atoms with van der Waals surface area (Å²) in [5, 5.41) is 1.19. The number of rotatable bonds is 11. The normalized spacial score (nSPS) is 11.2. The number of carbonyl (C=O) groups is 1. The Bertz CT molecular complexity index is 1090. The molecule has 7 heteroatoms. The fraction of sp³-hybridized carbons (Fsp3) is 0.375. The van der Waals surface area contributed by atoms with Gasteiger partial charge in [-0.1, -0.05) is 49.9 Å². The van der Waals surface area contributed by atoms with Crippen molar-refractivity contribution in [2.75, 3.05) is 32.5 Å². The lowest BCUT2D eigenvalue weighted by atomic mass is 10.1. The van der Waals surface area contributed by atoms with E-state index in [1.165, 1.54) is 11.8 Å². The zero-order chi connectivity index (χ0) is 22.2. The average Bonchev–Trinajstić information content (AvgIpc) is 2.81. The molecule has 0 radical (unpaired) electrons. The van der Waals surface area contributed by atoms with E-state index < -0.39 is 0 Å². The van der Waals surface area contributed by atoms with Crippen molar-refractivity contribution >= 4 is 28.4 Å². The molecule has 164 valence electrons. The van der Waals surface area contributed by atoms with Gasteiger partial charge in [0.05, 0.1) is 23.8 Å². The second-order valence-corrected chi connectivity index (χ2v) is 8.14. The Kier molecular flexibility index (Phi) is 8.26. The minimum Gasteiger partial charge on any atom is -0.497 e. The zero-order valence-electron chi connectivity index (χ0n) is 18.3. The van der Waals surface area contributed by atoms with E-state index in [1.807, 2.05) is 24.3 Å². The first-order valence-electron chi connectivity index (χ1n) is 10.6. The Balaban J connectivity index is 1.83. The maximum absolute atomic E-state index is 13.2. The number of benzene rings is 2. The molecule has 0 bridgehead atoms. The number of Topliss-reactive ketones (excluding diaryl/α,β-unsaturated/α-hetero) is 1. The van der Waals surface area contributed by atoms with Gasteiger partial charge in [-0.05, 0) is 50.3 Å². The summed E-state index contributed by atoms with van der Waals surface area (Å²) in [7, 11) is 1.58. The maximum Gasteiger partial charge on any atom is 0.262 e. The van der Waals surface area contributed by atoms with Crippen molar-refractivity contribution in [1.82, 2.24) is 14.5 Å². The summed E-state index contributed by atoms with van der Waals surface area (Å²) < 4.78 is 6.93. The Morgan fingerprint density at radius 3 is 2.65 bits per heavy atom. The van der Waals surface area contributed by atoms with Crippen LogP contribution in [0.1, 0.15) is 30.6 Å². The van der Waals surface area contributed by atoms with Gasteiger partial charge >= 0.3 is 0 Å². The van der Waals surface area contributed by atoms with Crippen LogP contribution in [0, 0.1) is 0 Å². The van der Waals surface area contributed by atoms with Crippen molar-refractivity contribution in [2.24, 2.45) is 0 Å². The SMILES string of the molecule is CCN(CC)CCCn1c(SCC(=O)c2cccc(OC)c2)nc2ccccc2c1=O. The van der Waals surface area contributed by atoms with Crippen molar-refractivity contribution in [3.8, 4) is 5.75 Å². The molecule has 0 atom stereocenters. The molecular weight excluding hydrogens is 410 g/mol. The zero-order valence-corrected chi connectivity index (χ0v) is 19.2. The number of nitrogens with zero attached hydrogens (tertiary/aromatic N) is 3. The van der Waals surface area contributed by atoms with E-state index >= 15 is 0 Å². The lowest BCUT2D eigenvalue weighted by molar-refractivity contribution is 0.102. The van der Waals surface area contributed by atoms with Gasteiger partial charge in [-0.25, -0.2) is 4.98 Å². The summed E-state index contributed by atoms with van der Waals surface area (Å²) in [6.45, 7) is 7.73. The number of ketones is 1. The van der Waals surface area contributed by atoms with E-state index in [1.54, 1.807) is 35.9 Å². The predicted octanol–water partition coefficient (Wildman–Crippen LogP) is 4.11. The van der Waals surface area contributed by atoms with Crippen molar-refractivity contribution in [3.05, 3.63) is 64.4 Å². The summed E-state index contributed by atoms with van der Waals surface area (Å²) in [6.07, 6.45) is 0.846. The summed E-state index contributed by atoms with van der Waals surface area (Å²) in [5.41, 5.74) is 1.19. The molecule has 0 aliphatic rings. The smallest absolute Gasteiger partial charge is 0.262 e. The van der Waals surface area contributed by atoms with Gasteiger partial charge in [0.15, 0.2) is 10.9 Å². The third-order valence-corrected chi connectivity index (χ3v) is 6.28. The number of para-hydroxylation sites is 1. The fourth-order valence-electron chi connectivity index (χ4n) is 3.46. The van der Waals surface area contributed by atoms with Gasteiger partial charge in [0.2, 0.25) is 0 Å². The number of aromatic nitrogens is 2. The van der Waals surface area contributed by atoms with E-state index in [0.717, 1.165) is 26.1 Å². The second kappa shape index (κ2) is 11.1. The molecule has 3 aromatic rings. The van der Waals surface area contributed by atoms with Crippen molar-refractivity contribution in [2.45, 2.75) is 32.0 Å². The van der Waals surface area contributed by atoms with Crippen LogP contribution in [0.15, 0.2) is 58.5 Å². The maximum atomic E-state index is 13.2. The lowest BCUT2D eigenvalue weighted by Gasteiger charge is -2.19. The minimum atomic E-state index is -0.0542. The first-order chi connectivity index (χ1) is 15.1. The van der Waals surface area contributed by atoms with Crippen molar-refractivity contribution in [1.29, 1.82) is 0 Å². The van der Waals surface area contributed by atoms with Crippen LogP contribution in [0.3, 0.4) is 0 Å². The van der Waals surface area contributed by atoms with Crippen LogP contribution in [-0.4, -0.2) is 52.7 Å². The largest absolute Gasteiger partial charge is 0.497 e. The molecule has 6 nitrogen and oxygen atoms in total. The molecule has 0 N–H and O–H groups in total. The first-order valence-corrected chi connectivity index (χ1v) is 11.6. The van der Waals surface area contributed by atoms with Gasteiger partial charge < -0.3 is 9.64 Å². The Morgan fingerprint density at radius 1 is 1.13 bits per heavy atom. The van der Waals surface area contributed by atoms with Gasteiger partial charge in [0.25, 0.3) is 5.56 Å². The molecule has 0 aliphatic carbocycles. The standard InChI is InChI=1S/C24H29N3O3S/c1-4-26(5-2)14-9-15-27-23(29)20-12-6-7-13-21(20)25-24(27)31-17-22(28)18-10-8-11-19(16-18)30-3/h6-8,10-13,16H,4-5,9,14-15,17H2,1-3H3. The average molecular weight is 440 g/mol. The summed E-state index contributed by atoms with van der Waals surface area (Å²) in [6, 6.07) is 14.5. The molecule has 3 rings (SSSR count). The third kappa shape index (κ3) is 5.74. The molecule has 0 spiro atoms. The van der Waals surface area contributed by atoms with E-state index in [-0.39, 0.29) is 17.1 Å². The van der Waals surface area contributed by atoms with E-state index in [9.17, 15) is 9.59 Å². The van der Waals surface area contributed by atoms with Gasteiger partial charge in [0, 0.05) is 12.1 Å². The molecular formula is C24H29N3O3S. The van der Waals surface area contributed by atoms with Crippen molar-refractivity contribution < 1.29 is 9.53 Å². The topological polar surface area (TPSA) is 64.4 Å². The van der Waals surface area contributed by atoms with E-state index in [2.05, 4.69) is 18.7 Å². The van der Waals surface area contributed by atoms with Crippen LogP contribution < -0.4 is 10.3 Å². The monoisotopic (exact) mass is 439 g/mol. The van der Waals surface area contributed by atoms with Crippen LogP contribution in [0.5, 0.6) is 5.75 Å². The Hall–Kier alpha value is -2.64. The van der Waals surface area contributed by atoms with E-state index in [0.29, 0.717) is 33.9 Å². The highest BCUT2D eigenvalue weighted by Crippen LogP contribution is 2.21. The quantitative estimate of drug-likeness (QED) is 0.254. The Morgan fingerprint density at radius 2 is 1.90 bits per heavy atom. The number of carbonyl (C=O) groups excluding carboxylic acids is 1. The number of hydrogen-bond acceptors (Lipinski definition) is 6. The third-order valence-electron chi connectivity index (χ3n) is 5.30. The van der Waals surface area contributed by atoms with Crippen LogP contribution in [-0.2, 0) is 6.54 Å². The molecule has 0 aliphatic heterocycles. The minimum absolute atomic E-state index is 0.0269. The Labute approximate surface area is 187 Å². The van der Waals surface area contributed by atoms with Gasteiger partial charge in [-0.15, -0.1) is 0 Å². The van der Waals surface area contributed by atoms with Crippen molar-refractivity contribution in [3.63, 3.8) is 0 Å². The molecule has 0 unspecified atom stereocenters. The predicted molar refractivity (Wildman–Crippen MR) is 126 cm³/mol. The van der Waals surface area contributed by atoms with Crippen LogP contribution in [0.2, 0.25) is 0 Å². The highest BCUT2D eigenvalue weighted by molar-refractivity contribution is 7.99. The molecule has 0 fully saturated rings.